The molecule has 0 atom stereocenters. The van der Waals surface area contributed by atoms with Crippen LogP contribution in [0.4, 0.5) is 0 Å². The third-order valence-corrected chi connectivity index (χ3v) is 8.12. The normalized spacial score (nSPS) is 14.9. The van der Waals surface area contributed by atoms with Crippen molar-refractivity contribution in [3.05, 3.63) is 83.5 Å². The predicted molar refractivity (Wildman–Crippen MR) is 135 cm³/mol. The van der Waals surface area contributed by atoms with Crippen LogP contribution in [0.15, 0.2) is 77.8 Å². The van der Waals surface area contributed by atoms with Crippen molar-refractivity contribution in [2.75, 3.05) is 26.2 Å². The second-order valence-corrected chi connectivity index (χ2v) is 10.6. The lowest BCUT2D eigenvalue weighted by Gasteiger charge is -2.26. The molecule has 1 aromatic heterocycles. The van der Waals surface area contributed by atoms with Crippen molar-refractivity contribution in [1.82, 2.24) is 14.6 Å². The number of ether oxygens (including phenoxy) is 1. The Morgan fingerprint density at radius 3 is 2.47 bits per heavy atom. The molecule has 4 aromatic rings. The molecule has 0 unspecified atom stereocenters. The number of hydrogen-bond acceptors (Lipinski definition) is 5. The van der Waals surface area contributed by atoms with Gasteiger partial charge in [0.05, 0.1) is 15.4 Å². The van der Waals surface area contributed by atoms with Crippen LogP contribution in [0.3, 0.4) is 0 Å². The zero-order valence-corrected chi connectivity index (χ0v) is 20.2. The van der Waals surface area contributed by atoms with E-state index in [2.05, 4.69) is 10.3 Å². The third kappa shape index (κ3) is 4.40. The summed E-state index contributed by atoms with van der Waals surface area (Å²) < 4.78 is 33.7. The molecule has 34 heavy (non-hydrogen) atoms. The summed E-state index contributed by atoms with van der Waals surface area (Å²) in [5.74, 6) is 1.08. The van der Waals surface area contributed by atoms with Crippen LogP contribution in [0.25, 0.3) is 22.0 Å². The molecule has 0 spiro atoms. The molecule has 1 aliphatic heterocycles. The van der Waals surface area contributed by atoms with E-state index in [1.807, 2.05) is 55.6 Å². The minimum Gasteiger partial charge on any atom is -0.457 e. The molecule has 1 aliphatic rings. The molecular weight excluding hydrogens is 470 g/mol. The average Bonchev–Trinajstić information content (AvgIpc) is 2.85. The molecule has 0 bridgehead atoms. The van der Waals surface area contributed by atoms with Gasteiger partial charge in [0.25, 0.3) is 0 Å². The minimum absolute atomic E-state index is 0.230. The molecule has 0 saturated carbocycles. The molecule has 5 rings (SSSR count). The Kier molecular flexibility index (Phi) is 6.27. The Morgan fingerprint density at radius 1 is 0.971 bits per heavy atom. The van der Waals surface area contributed by atoms with Crippen molar-refractivity contribution >= 4 is 32.5 Å². The van der Waals surface area contributed by atoms with Gasteiger partial charge in [0, 0.05) is 43.8 Å². The number of hydrogen-bond donors (Lipinski definition) is 1. The second-order valence-electron chi connectivity index (χ2n) is 8.21. The highest BCUT2D eigenvalue weighted by Crippen LogP contribution is 2.36. The summed E-state index contributed by atoms with van der Waals surface area (Å²) >= 11 is 6.37. The fourth-order valence-electron chi connectivity index (χ4n) is 4.25. The first-order valence-corrected chi connectivity index (χ1v) is 12.9. The Balaban J connectivity index is 1.47. The number of pyridine rings is 1. The number of nitrogens with zero attached hydrogens (tertiary/aromatic N) is 2. The molecular formula is C26H24ClN3O3S. The molecule has 0 aliphatic carbocycles. The number of fused-ring (bicyclic) bond motifs is 1. The number of aryl methyl sites for hydroxylation is 1. The van der Waals surface area contributed by atoms with E-state index < -0.39 is 10.0 Å². The van der Waals surface area contributed by atoms with E-state index in [0.717, 1.165) is 27.6 Å². The van der Waals surface area contributed by atoms with Gasteiger partial charge in [0.15, 0.2) is 0 Å². The Labute approximate surface area is 204 Å². The first-order chi connectivity index (χ1) is 16.4. The summed E-state index contributed by atoms with van der Waals surface area (Å²) in [6.07, 6.45) is 1.82. The predicted octanol–water partition coefficient (Wildman–Crippen LogP) is 5.25. The summed E-state index contributed by atoms with van der Waals surface area (Å²) in [6.45, 7) is 4.23. The van der Waals surface area contributed by atoms with Crippen LogP contribution in [-0.4, -0.2) is 43.9 Å². The zero-order valence-electron chi connectivity index (χ0n) is 18.7. The minimum atomic E-state index is -3.57. The lowest BCUT2D eigenvalue weighted by molar-refractivity contribution is 0.360. The molecule has 6 nitrogen and oxygen atoms in total. The van der Waals surface area contributed by atoms with Crippen molar-refractivity contribution < 1.29 is 13.2 Å². The Morgan fingerprint density at radius 2 is 1.68 bits per heavy atom. The van der Waals surface area contributed by atoms with E-state index in [1.165, 1.54) is 4.31 Å². The molecule has 0 radical (unpaired) electrons. The van der Waals surface area contributed by atoms with Crippen LogP contribution in [0.1, 0.15) is 5.56 Å². The van der Waals surface area contributed by atoms with E-state index in [9.17, 15) is 8.42 Å². The van der Waals surface area contributed by atoms with E-state index >= 15 is 0 Å². The van der Waals surface area contributed by atoms with Gasteiger partial charge in [-0.05, 0) is 53.9 Å². The lowest BCUT2D eigenvalue weighted by Crippen LogP contribution is -2.46. The quantitative estimate of drug-likeness (QED) is 0.411. The number of piperazine rings is 1. The number of nitrogens with one attached hydrogen (secondary N) is 1. The zero-order chi connectivity index (χ0) is 23.7. The number of aromatic nitrogens is 1. The van der Waals surface area contributed by atoms with Crippen LogP contribution < -0.4 is 10.1 Å². The van der Waals surface area contributed by atoms with Gasteiger partial charge < -0.3 is 10.1 Å². The van der Waals surface area contributed by atoms with Crippen molar-refractivity contribution in [3.8, 4) is 22.6 Å². The second kappa shape index (κ2) is 9.35. The van der Waals surface area contributed by atoms with Crippen LogP contribution in [0, 0.1) is 6.92 Å². The van der Waals surface area contributed by atoms with E-state index in [0.29, 0.717) is 42.7 Å². The van der Waals surface area contributed by atoms with Crippen LogP contribution in [0.5, 0.6) is 11.5 Å². The van der Waals surface area contributed by atoms with Gasteiger partial charge in [-0.3, -0.25) is 4.98 Å². The van der Waals surface area contributed by atoms with Crippen LogP contribution in [-0.2, 0) is 10.0 Å². The number of halogens is 1. The number of benzene rings is 3. The van der Waals surface area contributed by atoms with E-state index in [4.69, 9.17) is 16.3 Å². The largest absolute Gasteiger partial charge is 0.457 e. The smallest absolute Gasteiger partial charge is 0.243 e. The Bertz CT molecular complexity index is 1470. The highest BCUT2D eigenvalue weighted by Gasteiger charge is 2.26. The molecule has 3 aromatic carbocycles. The summed E-state index contributed by atoms with van der Waals surface area (Å²) in [7, 11) is -3.57. The van der Waals surface area contributed by atoms with Gasteiger partial charge in [-0.15, -0.1) is 0 Å². The fourth-order valence-corrected chi connectivity index (χ4v) is 5.95. The van der Waals surface area contributed by atoms with Gasteiger partial charge in [0.2, 0.25) is 10.0 Å². The molecule has 1 saturated heterocycles. The Hall–Kier alpha value is -2.97. The summed E-state index contributed by atoms with van der Waals surface area (Å²) in [6, 6.07) is 20.1. The van der Waals surface area contributed by atoms with Gasteiger partial charge >= 0.3 is 0 Å². The maximum absolute atomic E-state index is 13.0. The number of para-hydroxylation sites is 1. The SMILES string of the molecule is Cc1cnc2c(Cl)cccc2c1-c1cccc(Oc2cccc(S(=O)(=O)N3CCNCC3)c2)c1. The van der Waals surface area contributed by atoms with Gasteiger partial charge in [-0.2, -0.15) is 4.31 Å². The molecule has 1 fully saturated rings. The first kappa shape index (κ1) is 22.8. The molecule has 0 amide bonds. The standard InChI is InChI=1S/C26H24ClN3O3S/c1-18-17-29-26-23(9-4-10-24(26)27)25(18)19-5-2-6-20(15-19)33-21-7-3-8-22(16-21)34(31,32)30-13-11-28-12-14-30/h2-10,15-17,28H,11-14H2,1H3. The first-order valence-electron chi connectivity index (χ1n) is 11.1. The highest BCUT2D eigenvalue weighted by molar-refractivity contribution is 7.89. The molecule has 1 N–H and O–H groups in total. The third-order valence-electron chi connectivity index (χ3n) is 5.92. The summed E-state index contributed by atoms with van der Waals surface area (Å²) in [5, 5.41) is 4.75. The lowest BCUT2D eigenvalue weighted by atomic mass is 9.97. The van der Waals surface area contributed by atoms with Gasteiger partial charge in [-0.25, -0.2) is 8.42 Å². The van der Waals surface area contributed by atoms with Crippen molar-refractivity contribution in [1.29, 1.82) is 0 Å². The number of rotatable bonds is 5. The number of sulfonamides is 1. The van der Waals surface area contributed by atoms with Gasteiger partial charge in [-0.1, -0.05) is 41.9 Å². The average molecular weight is 494 g/mol. The monoisotopic (exact) mass is 493 g/mol. The highest BCUT2D eigenvalue weighted by atomic mass is 35.5. The van der Waals surface area contributed by atoms with Crippen LogP contribution in [0.2, 0.25) is 5.02 Å². The van der Waals surface area contributed by atoms with Crippen molar-refractivity contribution in [2.45, 2.75) is 11.8 Å². The fraction of sp³-hybridized carbons (Fsp3) is 0.192. The van der Waals surface area contributed by atoms with Crippen LogP contribution >= 0.6 is 11.6 Å². The van der Waals surface area contributed by atoms with Crippen molar-refractivity contribution in [2.24, 2.45) is 0 Å². The summed E-state index contributed by atoms with van der Waals surface area (Å²) in [4.78, 5) is 4.73. The van der Waals surface area contributed by atoms with Crippen molar-refractivity contribution in [3.63, 3.8) is 0 Å². The molecule has 2 heterocycles. The maximum atomic E-state index is 13.0. The molecule has 174 valence electrons. The topological polar surface area (TPSA) is 71.5 Å². The van der Waals surface area contributed by atoms with E-state index in [-0.39, 0.29) is 4.90 Å². The van der Waals surface area contributed by atoms with Gasteiger partial charge in [0.1, 0.15) is 11.5 Å². The summed E-state index contributed by atoms with van der Waals surface area (Å²) in [5.41, 5.74) is 3.78. The maximum Gasteiger partial charge on any atom is 0.243 e. The molecule has 8 heteroatoms. The van der Waals surface area contributed by atoms with E-state index in [1.54, 1.807) is 24.3 Å².